The van der Waals surface area contributed by atoms with Gasteiger partial charge in [0.2, 0.25) is 0 Å². The van der Waals surface area contributed by atoms with E-state index in [2.05, 4.69) is 34.9 Å². The third kappa shape index (κ3) is 6.75. The largest absolute Gasteiger partial charge is 0.461 e. The van der Waals surface area contributed by atoms with E-state index in [-0.39, 0.29) is 17.3 Å². The number of carbonyl (C=O) groups is 1. The van der Waals surface area contributed by atoms with E-state index >= 15 is 4.39 Å². The van der Waals surface area contributed by atoms with Crippen LogP contribution >= 0.6 is 22.9 Å². The molecule has 1 atom stereocenters. The molecule has 1 unspecified atom stereocenters. The average molecular weight is 561 g/mol. The van der Waals surface area contributed by atoms with Gasteiger partial charge in [-0.05, 0) is 43.3 Å². The maximum absolute atomic E-state index is 15.1. The van der Waals surface area contributed by atoms with Crippen molar-refractivity contribution in [3.05, 3.63) is 75.2 Å². The Morgan fingerprint density at radius 2 is 2.03 bits per heavy atom. The average Bonchev–Trinajstić information content (AvgIpc) is 3.47. The van der Waals surface area contributed by atoms with Crippen LogP contribution < -0.4 is 5.32 Å². The summed E-state index contributed by atoms with van der Waals surface area (Å²) in [5, 5.41) is 3.66. The molecule has 2 heterocycles. The van der Waals surface area contributed by atoms with Crippen LogP contribution in [-0.4, -0.2) is 41.8 Å². The van der Waals surface area contributed by atoms with E-state index in [4.69, 9.17) is 21.1 Å². The molecule has 0 aliphatic carbocycles. The van der Waals surface area contributed by atoms with Crippen molar-refractivity contribution in [3.63, 3.8) is 0 Å². The van der Waals surface area contributed by atoms with Crippen LogP contribution in [-0.2, 0) is 16.2 Å². The Morgan fingerprint density at radius 1 is 1.22 bits per heavy atom. The molecule has 196 valence electrons. The fraction of sp³-hybridized carbons (Fsp3) is 0.346. The first-order valence-corrected chi connectivity index (χ1v) is 17.0. The molecule has 1 N–H and O–H groups in total. The van der Waals surface area contributed by atoms with Gasteiger partial charge in [-0.2, -0.15) is 0 Å². The summed E-state index contributed by atoms with van der Waals surface area (Å²) in [5.41, 5.74) is 4.44. The highest BCUT2D eigenvalue weighted by molar-refractivity contribution is 7.10. The highest BCUT2D eigenvalue weighted by atomic mass is 35.5. The van der Waals surface area contributed by atoms with Crippen molar-refractivity contribution in [2.75, 3.05) is 18.5 Å². The second kappa shape index (κ2) is 11.7. The van der Waals surface area contributed by atoms with Crippen molar-refractivity contribution < 1.29 is 18.7 Å². The molecule has 4 rings (SSSR count). The number of imidazole rings is 1. The zero-order chi connectivity index (χ0) is 26.6. The first-order valence-electron chi connectivity index (χ1n) is 12.0. The molecule has 0 spiro atoms. The lowest BCUT2D eigenvalue weighted by atomic mass is 10.0. The zero-order valence-electron chi connectivity index (χ0n) is 21.3. The van der Waals surface area contributed by atoms with Gasteiger partial charge < -0.3 is 19.4 Å². The highest BCUT2D eigenvalue weighted by Crippen LogP contribution is 2.35. The SMILES string of the molecule is CCOC(=O)c1ncsc1C(Nc1ccc2c(c1)ncn2COCC[Si](C)(C)C)c1ccc(Cl)cc1F. The minimum Gasteiger partial charge on any atom is -0.461 e. The normalized spacial score (nSPS) is 12.6. The molecule has 0 amide bonds. The smallest absolute Gasteiger partial charge is 0.358 e. The summed E-state index contributed by atoms with van der Waals surface area (Å²) in [6.07, 6.45) is 1.75. The molecular weight excluding hydrogens is 531 g/mol. The Bertz CT molecular complexity index is 1390. The third-order valence-electron chi connectivity index (χ3n) is 5.76. The summed E-state index contributed by atoms with van der Waals surface area (Å²) in [4.78, 5) is 21.8. The maximum Gasteiger partial charge on any atom is 0.358 e. The first-order chi connectivity index (χ1) is 17.7. The summed E-state index contributed by atoms with van der Waals surface area (Å²) >= 11 is 7.25. The first kappa shape index (κ1) is 27.2. The molecule has 0 saturated heterocycles. The monoisotopic (exact) mass is 560 g/mol. The van der Waals surface area contributed by atoms with Crippen LogP contribution in [0.25, 0.3) is 11.0 Å². The number of esters is 1. The summed E-state index contributed by atoms with van der Waals surface area (Å²) in [6.45, 7) is 10.1. The topological polar surface area (TPSA) is 78.3 Å². The fourth-order valence-electron chi connectivity index (χ4n) is 3.80. The summed E-state index contributed by atoms with van der Waals surface area (Å²) < 4.78 is 28.1. The van der Waals surface area contributed by atoms with Crippen LogP contribution in [0.1, 0.15) is 33.9 Å². The number of halogens is 2. The number of hydrogen-bond acceptors (Lipinski definition) is 7. The molecule has 0 saturated carbocycles. The van der Waals surface area contributed by atoms with Crippen molar-refractivity contribution in [2.24, 2.45) is 0 Å². The Balaban J connectivity index is 1.61. The van der Waals surface area contributed by atoms with E-state index in [9.17, 15) is 4.79 Å². The van der Waals surface area contributed by atoms with Crippen molar-refractivity contribution in [1.29, 1.82) is 0 Å². The van der Waals surface area contributed by atoms with E-state index in [0.29, 0.717) is 22.9 Å². The number of hydrogen-bond donors (Lipinski definition) is 1. The van der Waals surface area contributed by atoms with Crippen LogP contribution in [0.2, 0.25) is 30.7 Å². The number of benzene rings is 2. The summed E-state index contributed by atoms with van der Waals surface area (Å²) in [6, 6.07) is 10.6. The number of fused-ring (bicyclic) bond motifs is 1. The Morgan fingerprint density at radius 3 is 2.76 bits per heavy atom. The minimum absolute atomic E-state index is 0.152. The van der Waals surface area contributed by atoms with Crippen molar-refractivity contribution in [2.45, 2.75) is 45.4 Å². The van der Waals surface area contributed by atoms with Crippen LogP contribution in [0, 0.1) is 5.82 Å². The number of nitrogens with one attached hydrogen (secondary N) is 1. The molecule has 7 nitrogen and oxygen atoms in total. The van der Waals surface area contributed by atoms with Gasteiger partial charge in [0.1, 0.15) is 12.5 Å². The molecular formula is C26H30ClFN4O3SSi. The molecule has 4 aromatic rings. The van der Waals surface area contributed by atoms with Gasteiger partial charge in [0.25, 0.3) is 0 Å². The van der Waals surface area contributed by atoms with Gasteiger partial charge in [-0.3, -0.25) is 0 Å². The van der Waals surface area contributed by atoms with Crippen LogP contribution in [0.15, 0.2) is 48.2 Å². The molecule has 0 aliphatic rings. The van der Waals surface area contributed by atoms with Gasteiger partial charge in [0, 0.05) is 31.0 Å². The maximum atomic E-state index is 15.1. The van der Waals surface area contributed by atoms with Crippen LogP contribution in [0.4, 0.5) is 10.1 Å². The van der Waals surface area contributed by atoms with E-state index < -0.39 is 25.9 Å². The lowest BCUT2D eigenvalue weighted by molar-refractivity contribution is 0.0519. The number of anilines is 1. The predicted octanol–water partition coefficient (Wildman–Crippen LogP) is 6.98. The molecule has 0 bridgehead atoms. The molecule has 0 radical (unpaired) electrons. The van der Waals surface area contributed by atoms with Gasteiger partial charge in [-0.15, -0.1) is 11.3 Å². The number of aromatic nitrogens is 3. The Kier molecular flexibility index (Phi) is 8.63. The lowest BCUT2D eigenvalue weighted by Gasteiger charge is -2.21. The number of nitrogens with zero attached hydrogens (tertiary/aromatic N) is 3. The molecule has 11 heteroatoms. The zero-order valence-corrected chi connectivity index (χ0v) is 23.8. The number of thiazole rings is 1. The van der Waals surface area contributed by atoms with Crippen LogP contribution in [0.5, 0.6) is 0 Å². The van der Waals surface area contributed by atoms with Gasteiger partial charge in [0.15, 0.2) is 5.69 Å². The highest BCUT2D eigenvalue weighted by Gasteiger charge is 2.27. The van der Waals surface area contributed by atoms with E-state index in [1.54, 1.807) is 30.9 Å². The Hall–Kier alpha value is -2.79. The summed E-state index contributed by atoms with van der Waals surface area (Å²) in [5.74, 6) is -1.04. The van der Waals surface area contributed by atoms with E-state index in [1.165, 1.54) is 17.4 Å². The van der Waals surface area contributed by atoms with E-state index in [0.717, 1.165) is 23.7 Å². The molecule has 0 fully saturated rings. The summed E-state index contributed by atoms with van der Waals surface area (Å²) in [7, 11) is -1.16. The quantitative estimate of drug-likeness (QED) is 0.121. The number of carbonyl (C=O) groups excluding carboxylic acids is 1. The van der Waals surface area contributed by atoms with Gasteiger partial charge in [-0.1, -0.05) is 37.3 Å². The van der Waals surface area contributed by atoms with Crippen molar-refractivity contribution in [3.8, 4) is 0 Å². The lowest BCUT2D eigenvalue weighted by Crippen LogP contribution is -2.21. The van der Waals surface area contributed by atoms with Gasteiger partial charge in [-0.25, -0.2) is 19.2 Å². The molecule has 2 aromatic carbocycles. The van der Waals surface area contributed by atoms with Crippen LogP contribution in [0.3, 0.4) is 0 Å². The van der Waals surface area contributed by atoms with Crippen molar-refractivity contribution >= 4 is 53.7 Å². The number of rotatable bonds is 11. The van der Waals surface area contributed by atoms with Crippen molar-refractivity contribution in [1.82, 2.24) is 14.5 Å². The van der Waals surface area contributed by atoms with Gasteiger partial charge >= 0.3 is 5.97 Å². The Labute approximate surface area is 225 Å². The second-order valence-corrected chi connectivity index (χ2v) is 16.7. The third-order valence-corrected chi connectivity index (χ3v) is 8.59. The molecule has 37 heavy (non-hydrogen) atoms. The van der Waals surface area contributed by atoms with Gasteiger partial charge in [0.05, 0.1) is 40.4 Å². The molecule has 2 aromatic heterocycles. The standard InChI is InChI=1S/C26H30ClFN4O3SSi/c1-5-35-26(33)24-25(36-15-30-24)23(19-8-6-17(27)12-20(19)28)31-18-7-9-22-21(13-18)29-14-32(22)16-34-10-11-37(2,3)4/h6-9,12-15,23,31H,5,10-11,16H2,1-4H3. The molecule has 0 aliphatic heterocycles. The second-order valence-electron chi connectivity index (χ2n) is 9.79. The number of ether oxygens (including phenoxy) is 2. The van der Waals surface area contributed by atoms with E-state index in [1.807, 2.05) is 22.8 Å². The minimum atomic E-state index is -1.16. The fourth-order valence-corrected chi connectivity index (χ4v) is 5.55. The predicted molar refractivity (Wildman–Crippen MR) is 149 cm³/mol.